The van der Waals surface area contributed by atoms with Crippen LogP contribution in [0.1, 0.15) is 290 Å². The molecular weight excluding hydrogens is 857 g/mol. The van der Waals surface area contributed by atoms with Gasteiger partial charge in [-0.1, -0.05) is 251 Å². The molecule has 1 fully saturated rings. The van der Waals surface area contributed by atoms with Gasteiger partial charge in [0.15, 0.2) is 12.4 Å². The third-order valence-electron chi connectivity index (χ3n) is 13.9. The lowest BCUT2D eigenvalue weighted by atomic mass is 9.99. The summed E-state index contributed by atoms with van der Waals surface area (Å²) >= 11 is 0. The number of aliphatic hydroxyl groups excluding tert-OH is 4. The summed E-state index contributed by atoms with van der Waals surface area (Å²) in [5.74, 6) is -0.789. The first-order valence-electron chi connectivity index (χ1n) is 29.3. The first-order chi connectivity index (χ1) is 33.3. The standard InChI is InChI=1S/C58H110O10/c1-3-5-7-9-11-13-15-17-19-21-23-25-27-28-30-32-34-36-38-40-42-44-46-53(60)65-49-51(50-66-58-57(64)56(63)55(62)52(48-59)68-58)67-54(61)47-45-43-41-39-37-35-33-31-29-26-24-22-20-18-16-14-12-10-8-6-4-2/h22,24,51-52,55-59,62-64H,3-21,23,25-50H2,1-2H3/b24-22-. The van der Waals surface area contributed by atoms with Gasteiger partial charge in [-0.25, -0.2) is 0 Å². The maximum atomic E-state index is 12.9. The minimum absolute atomic E-state index is 0.211. The van der Waals surface area contributed by atoms with Gasteiger partial charge in [-0.15, -0.1) is 0 Å². The van der Waals surface area contributed by atoms with Crippen LogP contribution >= 0.6 is 0 Å². The Hall–Kier alpha value is -1.56. The van der Waals surface area contributed by atoms with Gasteiger partial charge in [0.2, 0.25) is 0 Å². The highest BCUT2D eigenvalue weighted by Gasteiger charge is 2.44. The van der Waals surface area contributed by atoms with Crippen LogP contribution in [0.5, 0.6) is 0 Å². The van der Waals surface area contributed by atoms with E-state index in [0.717, 1.165) is 38.5 Å². The van der Waals surface area contributed by atoms with Gasteiger partial charge in [-0.05, 0) is 38.5 Å². The van der Waals surface area contributed by atoms with Crippen LogP contribution in [0.2, 0.25) is 0 Å². The number of rotatable bonds is 51. The Balaban J connectivity index is 2.19. The quantitative estimate of drug-likeness (QED) is 0.0263. The molecule has 68 heavy (non-hydrogen) atoms. The fourth-order valence-electron chi connectivity index (χ4n) is 9.31. The number of carbonyl (C=O) groups excluding carboxylic acids is 2. The van der Waals surface area contributed by atoms with Crippen LogP contribution in [0.3, 0.4) is 0 Å². The average molecular weight is 968 g/mol. The lowest BCUT2D eigenvalue weighted by Crippen LogP contribution is -2.59. The van der Waals surface area contributed by atoms with Crippen LogP contribution in [0, 0.1) is 0 Å². The topological polar surface area (TPSA) is 152 Å². The zero-order valence-corrected chi connectivity index (χ0v) is 44.4. The van der Waals surface area contributed by atoms with Crippen molar-refractivity contribution in [1.82, 2.24) is 0 Å². The molecule has 0 saturated carbocycles. The van der Waals surface area contributed by atoms with Gasteiger partial charge >= 0.3 is 11.9 Å². The molecule has 1 saturated heterocycles. The van der Waals surface area contributed by atoms with Crippen LogP contribution in [-0.4, -0.2) is 89.0 Å². The lowest BCUT2D eigenvalue weighted by Gasteiger charge is -2.39. The van der Waals surface area contributed by atoms with Crippen molar-refractivity contribution >= 4 is 11.9 Å². The molecule has 1 aliphatic rings. The molecule has 1 rings (SSSR count). The Bertz CT molecular complexity index is 1120. The van der Waals surface area contributed by atoms with Gasteiger partial charge in [0, 0.05) is 12.8 Å². The van der Waals surface area contributed by atoms with Crippen LogP contribution in [0.25, 0.3) is 0 Å². The monoisotopic (exact) mass is 967 g/mol. The molecule has 0 radical (unpaired) electrons. The van der Waals surface area contributed by atoms with E-state index >= 15 is 0 Å². The Morgan fingerprint density at radius 3 is 1.15 bits per heavy atom. The fourth-order valence-corrected chi connectivity index (χ4v) is 9.31. The summed E-state index contributed by atoms with van der Waals surface area (Å²) in [4.78, 5) is 25.6. The minimum Gasteiger partial charge on any atom is -0.462 e. The van der Waals surface area contributed by atoms with Crippen molar-refractivity contribution in [3.63, 3.8) is 0 Å². The van der Waals surface area contributed by atoms with Crippen LogP contribution in [0.15, 0.2) is 12.2 Å². The van der Waals surface area contributed by atoms with Gasteiger partial charge in [0.05, 0.1) is 13.2 Å². The van der Waals surface area contributed by atoms with E-state index in [0.29, 0.717) is 6.42 Å². The molecule has 0 spiro atoms. The Morgan fingerprint density at radius 2 is 0.779 bits per heavy atom. The summed E-state index contributed by atoms with van der Waals surface area (Å²) in [6.07, 6.45) is 49.4. The second-order valence-electron chi connectivity index (χ2n) is 20.5. The largest absolute Gasteiger partial charge is 0.462 e. The first-order valence-corrected chi connectivity index (χ1v) is 29.3. The van der Waals surface area contributed by atoms with Crippen LogP contribution in [0.4, 0.5) is 0 Å². The molecule has 402 valence electrons. The third kappa shape index (κ3) is 39.1. The van der Waals surface area contributed by atoms with Crippen molar-refractivity contribution in [2.24, 2.45) is 0 Å². The highest BCUT2D eigenvalue weighted by atomic mass is 16.7. The fraction of sp³-hybridized carbons (Fsp3) is 0.931. The van der Waals surface area contributed by atoms with E-state index in [4.69, 9.17) is 18.9 Å². The Labute approximate surface area is 418 Å². The van der Waals surface area contributed by atoms with E-state index in [-0.39, 0.29) is 32.0 Å². The number of esters is 2. The highest BCUT2D eigenvalue weighted by molar-refractivity contribution is 5.70. The number of hydrogen-bond donors (Lipinski definition) is 4. The van der Waals surface area contributed by atoms with E-state index in [2.05, 4.69) is 26.0 Å². The lowest BCUT2D eigenvalue weighted by molar-refractivity contribution is -0.305. The zero-order chi connectivity index (χ0) is 49.4. The van der Waals surface area contributed by atoms with Gasteiger partial charge in [0.1, 0.15) is 31.0 Å². The number of unbranched alkanes of at least 4 members (excludes halogenated alkanes) is 38. The summed E-state index contributed by atoms with van der Waals surface area (Å²) in [5.41, 5.74) is 0. The van der Waals surface area contributed by atoms with Crippen molar-refractivity contribution < 1.29 is 49.0 Å². The maximum absolute atomic E-state index is 12.9. The summed E-state index contributed by atoms with van der Waals surface area (Å²) in [5, 5.41) is 40.3. The normalized spacial score (nSPS) is 18.9. The molecule has 10 heteroatoms. The molecule has 0 bridgehead atoms. The Morgan fingerprint density at radius 1 is 0.441 bits per heavy atom. The van der Waals surface area contributed by atoms with Gasteiger partial charge in [-0.3, -0.25) is 9.59 Å². The smallest absolute Gasteiger partial charge is 0.306 e. The van der Waals surface area contributed by atoms with E-state index in [9.17, 15) is 30.0 Å². The first kappa shape index (κ1) is 64.5. The van der Waals surface area contributed by atoms with Gasteiger partial charge in [0.25, 0.3) is 0 Å². The molecule has 0 amide bonds. The zero-order valence-electron chi connectivity index (χ0n) is 44.4. The van der Waals surface area contributed by atoms with Gasteiger partial charge < -0.3 is 39.4 Å². The molecule has 4 N–H and O–H groups in total. The molecule has 10 nitrogen and oxygen atoms in total. The second-order valence-corrected chi connectivity index (χ2v) is 20.5. The summed E-state index contributed by atoms with van der Waals surface area (Å²) < 4.78 is 22.3. The maximum Gasteiger partial charge on any atom is 0.306 e. The molecule has 0 aliphatic carbocycles. The van der Waals surface area contributed by atoms with Crippen LogP contribution in [-0.2, 0) is 28.5 Å². The molecule has 6 unspecified atom stereocenters. The van der Waals surface area contributed by atoms with Gasteiger partial charge in [-0.2, -0.15) is 0 Å². The third-order valence-corrected chi connectivity index (χ3v) is 13.9. The molecule has 0 aromatic heterocycles. The SMILES string of the molecule is CCCCCCCCCC/C=C\CCCCCCCCCCCC(=O)OC(COC(=O)CCCCCCCCCCCCCCCCCCCCCCCC)COC1OC(CO)C(O)C(O)C1O. The van der Waals surface area contributed by atoms with Crippen molar-refractivity contribution in [1.29, 1.82) is 0 Å². The second kappa shape index (κ2) is 49.0. The number of aliphatic hydroxyl groups is 4. The summed E-state index contributed by atoms with van der Waals surface area (Å²) in [6.45, 7) is 3.49. The van der Waals surface area contributed by atoms with Crippen molar-refractivity contribution in [3.05, 3.63) is 12.2 Å². The summed E-state index contributed by atoms with van der Waals surface area (Å²) in [6, 6.07) is 0. The van der Waals surface area contributed by atoms with Crippen molar-refractivity contribution in [3.8, 4) is 0 Å². The highest BCUT2D eigenvalue weighted by Crippen LogP contribution is 2.23. The van der Waals surface area contributed by atoms with Crippen molar-refractivity contribution in [2.45, 2.75) is 327 Å². The molecule has 0 aromatic carbocycles. The van der Waals surface area contributed by atoms with Crippen molar-refractivity contribution in [2.75, 3.05) is 19.8 Å². The van der Waals surface area contributed by atoms with Crippen LogP contribution < -0.4 is 0 Å². The van der Waals surface area contributed by atoms with E-state index in [1.807, 2.05) is 0 Å². The predicted molar refractivity (Wildman–Crippen MR) is 280 cm³/mol. The number of hydrogen-bond acceptors (Lipinski definition) is 10. The molecule has 1 heterocycles. The molecule has 0 aromatic rings. The number of allylic oxidation sites excluding steroid dienone is 2. The molecule has 6 atom stereocenters. The number of ether oxygens (including phenoxy) is 4. The van der Waals surface area contributed by atoms with E-state index in [1.54, 1.807) is 0 Å². The Kier molecular flexibility index (Phi) is 46.5. The number of carbonyl (C=O) groups is 2. The predicted octanol–water partition coefficient (Wildman–Crippen LogP) is 14.6. The molecule has 1 aliphatic heterocycles. The molecular formula is C58H110O10. The van der Waals surface area contributed by atoms with E-state index in [1.165, 1.54) is 218 Å². The minimum atomic E-state index is -1.59. The summed E-state index contributed by atoms with van der Waals surface area (Å²) in [7, 11) is 0. The van der Waals surface area contributed by atoms with E-state index < -0.39 is 49.4 Å². The average Bonchev–Trinajstić information content (AvgIpc) is 3.34.